The van der Waals surface area contributed by atoms with Crippen molar-refractivity contribution < 1.29 is 4.79 Å². The summed E-state index contributed by atoms with van der Waals surface area (Å²) < 4.78 is 0. The van der Waals surface area contributed by atoms with Gasteiger partial charge in [0, 0.05) is 44.3 Å². The Bertz CT molecular complexity index is 837. The van der Waals surface area contributed by atoms with Gasteiger partial charge in [0.1, 0.15) is 5.82 Å². The summed E-state index contributed by atoms with van der Waals surface area (Å²) in [4.78, 5) is 22.9. The fraction of sp³-hybridized carbons (Fsp3) is 0.190. The van der Waals surface area contributed by atoms with Gasteiger partial charge in [-0.2, -0.15) is 0 Å². The molecule has 26 heavy (non-hydrogen) atoms. The Morgan fingerprint density at radius 1 is 1.00 bits per heavy atom. The SMILES string of the molecule is CN(CCc1ccncc1)c1cc(C(=O)NCc2ccccc2)ccn1. The molecule has 5 nitrogen and oxygen atoms in total. The summed E-state index contributed by atoms with van der Waals surface area (Å²) in [5.74, 6) is 0.687. The van der Waals surface area contributed by atoms with Crippen LogP contribution in [0.3, 0.4) is 0 Å². The van der Waals surface area contributed by atoms with E-state index in [1.807, 2.05) is 55.6 Å². The number of hydrogen-bond donors (Lipinski definition) is 1. The van der Waals surface area contributed by atoms with E-state index in [-0.39, 0.29) is 5.91 Å². The highest BCUT2D eigenvalue weighted by atomic mass is 16.1. The second kappa shape index (κ2) is 8.76. The molecule has 0 radical (unpaired) electrons. The molecular formula is C21H22N4O. The summed E-state index contributed by atoms with van der Waals surface area (Å²) in [7, 11) is 1.98. The molecule has 0 aliphatic carbocycles. The van der Waals surface area contributed by atoms with E-state index in [4.69, 9.17) is 0 Å². The number of benzene rings is 1. The van der Waals surface area contributed by atoms with E-state index in [9.17, 15) is 4.79 Å². The highest BCUT2D eigenvalue weighted by Crippen LogP contribution is 2.12. The number of likely N-dealkylation sites (N-methyl/N-ethyl adjacent to an activating group) is 1. The molecule has 0 spiro atoms. The molecule has 0 saturated heterocycles. The van der Waals surface area contributed by atoms with Gasteiger partial charge in [-0.3, -0.25) is 9.78 Å². The number of anilines is 1. The van der Waals surface area contributed by atoms with Crippen molar-refractivity contribution in [2.24, 2.45) is 0 Å². The number of pyridine rings is 2. The molecule has 0 unspecified atom stereocenters. The molecular weight excluding hydrogens is 324 g/mol. The third-order valence-electron chi connectivity index (χ3n) is 4.18. The van der Waals surface area contributed by atoms with Crippen molar-refractivity contribution in [3.63, 3.8) is 0 Å². The molecule has 1 N–H and O–H groups in total. The smallest absolute Gasteiger partial charge is 0.251 e. The monoisotopic (exact) mass is 346 g/mol. The summed E-state index contributed by atoms with van der Waals surface area (Å²) in [5.41, 5.74) is 2.91. The second-order valence-corrected chi connectivity index (χ2v) is 6.10. The van der Waals surface area contributed by atoms with Crippen molar-refractivity contribution in [1.82, 2.24) is 15.3 Å². The Morgan fingerprint density at radius 2 is 1.77 bits per heavy atom. The van der Waals surface area contributed by atoms with Gasteiger partial charge in [0.2, 0.25) is 0 Å². The van der Waals surface area contributed by atoms with Crippen molar-refractivity contribution in [2.75, 3.05) is 18.5 Å². The topological polar surface area (TPSA) is 58.1 Å². The zero-order valence-electron chi connectivity index (χ0n) is 14.8. The van der Waals surface area contributed by atoms with Crippen LogP contribution in [0.2, 0.25) is 0 Å². The fourth-order valence-electron chi connectivity index (χ4n) is 2.61. The molecule has 1 aromatic carbocycles. The number of nitrogens with zero attached hydrogens (tertiary/aromatic N) is 3. The third kappa shape index (κ3) is 4.89. The first kappa shape index (κ1) is 17.6. The Balaban J connectivity index is 1.59. The highest BCUT2D eigenvalue weighted by Gasteiger charge is 2.09. The molecule has 2 heterocycles. The Hall–Kier alpha value is -3.21. The standard InChI is InChI=1S/C21H22N4O/c1-25(14-10-17-7-11-22-12-8-17)20-15-19(9-13-23-20)21(26)24-16-18-5-3-2-4-6-18/h2-9,11-13,15H,10,14,16H2,1H3,(H,24,26). The third-order valence-corrected chi connectivity index (χ3v) is 4.18. The summed E-state index contributed by atoms with van der Waals surface area (Å²) in [6.07, 6.45) is 6.16. The number of aromatic nitrogens is 2. The van der Waals surface area contributed by atoms with Crippen LogP contribution >= 0.6 is 0 Å². The molecule has 0 bridgehead atoms. The van der Waals surface area contributed by atoms with Gasteiger partial charge in [-0.1, -0.05) is 30.3 Å². The molecule has 0 fully saturated rings. The van der Waals surface area contributed by atoms with E-state index in [2.05, 4.69) is 20.2 Å². The van der Waals surface area contributed by atoms with Crippen LogP contribution in [0, 0.1) is 0 Å². The lowest BCUT2D eigenvalue weighted by Crippen LogP contribution is -2.25. The Kier molecular flexibility index (Phi) is 5.93. The first-order valence-electron chi connectivity index (χ1n) is 8.60. The summed E-state index contributed by atoms with van der Waals surface area (Å²) >= 11 is 0. The normalized spacial score (nSPS) is 10.3. The van der Waals surface area contributed by atoms with Crippen LogP contribution in [0.5, 0.6) is 0 Å². The molecule has 0 aliphatic rings. The number of amides is 1. The molecule has 1 amide bonds. The van der Waals surface area contributed by atoms with Crippen molar-refractivity contribution in [3.8, 4) is 0 Å². The maximum Gasteiger partial charge on any atom is 0.251 e. The average Bonchev–Trinajstić information content (AvgIpc) is 2.72. The zero-order valence-corrected chi connectivity index (χ0v) is 14.8. The van der Waals surface area contributed by atoms with Crippen molar-refractivity contribution >= 4 is 11.7 Å². The van der Waals surface area contributed by atoms with Crippen molar-refractivity contribution in [2.45, 2.75) is 13.0 Å². The predicted molar refractivity (Wildman–Crippen MR) is 103 cm³/mol. The number of rotatable bonds is 7. The number of hydrogen-bond acceptors (Lipinski definition) is 4. The molecule has 2 aromatic heterocycles. The van der Waals surface area contributed by atoms with Gasteiger partial charge in [0.05, 0.1) is 0 Å². The van der Waals surface area contributed by atoms with E-state index in [0.717, 1.165) is 24.3 Å². The lowest BCUT2D eigenvalue weighted by Gasteiger charge is -2.18. The quantitative estimate of drug-likeness (QED) is 0.714. The van der Waals surface area contributed by atoms with E-state index < -0.39 is 0 Å². The number of carbonyl (C=O) groups excluding carboxylic acids is 1. The lowest BCUT2D eigenvalue weighted by molar-refractivity contribution is 0.0951. The summed E-state index contributed by atoms with van der Waals surface area (Å²) in [6, 6.07) is 17.4. The van der Waals surface area contributed by atoms with Gasteiger partial charge in [-0.25, -0.2) is 4.98 Å². The maximum atomic E-state index is 12.4. The first-order valence-corrected chi connectivity index (χ1v) is 8.60. The van der Waals surface area contributed by atoms with Crippen LogP contribution in [0.1, 0.15) is 21.5 Å². The predicted octanol–water partition coefficient (Wildman–Crippen LogP) is 3.09. The molecule has 3 aromatic rings. The molecule has 0 aliphatic heterocycles. The molecule has 0 saturated carbocycles. The minimum atomic E-state index is -0.0972. The maximum absolute atomic E-state index is 12.4. The molecule has 5 heteroatoms. The van der Waals surface area contributed by atoms with Gasteiger partial charge in [-0.15, -0.1) is 0 Å². The van der Waals surface area contributed by atoms with E-state index in [0.29, 0.717) is 12.1 Å². The van der Waals surface area contributed by atoms with Crippen molar-refractivity contribution in [1.29, 1.82) is 0 Å². The minimum absolute atomic E-state index is 0.0972. The lowest BCUT2D eigenvalue weighted by atomic mass is 10.2. The Labute approximate surface area is 153 Å². The molecule has 132 valence electrons. The minimum Gasteiger partial charge on any atom is -0.359 e. The Morgan fingerprint density at radius 3 is 2.54 bits per heavy atom. The average molecular weight is 346 g/mol. The van der Waals surface area contributed by atoms with Crippen LogP contribution in [-0.4, -0.2) is 29.5 Å². The fourth-order valence-corrected chi connectivity index (χ4v) is 2.61. The van der Waals surface area contributed by atoms with Gasteiger partial charge in [0.15, 0.2) is 0 Å². The van der Waals surface area contributed by atoms with Gasteiger partial charge in [-0.05, 0) is 41.8 Å². The van der Waals surface area contributed by atoms with Gasteiger partial charge in [0.25, 0.3) is 5.91 Å². The van der Waals surface area contributed by atoms with Crippen LogP contribution < -0.4 is 10.2 Å². The van der Waals surface area contributed by atoms with E-state index >= 15 is 0 Å². The summed E-state index contributed by atoms with van der Waals surface area (Å²) in [5, 5.41) is 2.95. The number of carbonyl (C=O) groups is 1. The molecule has 3 rings (SSSR count). The van der Waals surface area contributed by atoms with Gasteiger partial charge < -0.3 is 10.2 Å². The van der Waals surface area contributed by atoms with Crippen LogP contribution in [0.15, 0.2) is 73.2 Å². The van der Waals surface area contributed by atoms with Gasteiger partial charge >= 0.3 is 0 Å². The molecule has 0 atom stereocenters. The van der Waals surface area contributed by atoms with E-state index in [1.54, 1.807) is 24.7 Å². The summed E-state index contributed by atoms with van der Waals surface area (Å²) in [6.45, 7) is 1.32. The van der Waals surface area contributed by atoms with E-state index in [1.165, 1.54) is 5.56 Å². The number of nitrogens with one attached hydrogen (secondary N) is 1. The largest absolute Gasteiger partial charge is 0.359 e. The van der Waals surface area contributed by atoms with Crippen molar-refractivity contribution in [3.05, 3.63) is 89.9 Å². The first-order chi connectivity index (χ1) is 12.7. The second-order valence-electron chi connectivity index (χ2n) is 6.10. The zero-order chi connectivity index (χ0) is 18.2. The van der Waals surface area contributed by atoms with Crippen LogP contribution in [0.25, 0.3) is 0 Å². The van der Waals surface area contributed by atoms with Crippen LogP contribution in [0.4, 0.5) is 5.82 Å². The van der Waals surface area contributed by atoms with Crippen LogP contribution in [-0.2, 0) is 13.0 Å². The highest BCUT2D eigenvalue weighted by molar-refractivity contribution is 5.94.